The molecule has 1 aromatic heterocycles. The van der Waals surface area contributed by atoms with E-state index in [0.717, 1.165) is 19.3 Å². The van der Waals surface area contributed by atoms with Crippen LogP contribution in [0.2, 0.25) is 0 Å². The molecule has 3 N–H and O–H groups in total. The number of nitrogens with one attached hydrogen (secondary N) is 3. The van der Waals surface area contributed by atoms with Crippen LogP contribution in [0.25, 0.3) is 0 Å². The lowest BCUT2D eigenvalue weighted by atomic mass is 9.84. The molecule has 0 aliphatic heterocycles. The van der Waals surface area contributed by atoms with Crippen LogP contribution in [0.5, 0.6) is 0 Å². The number of carbonyl (C=O) groups excluding carboxylic acids is 3. The lowest BCUT2D eigenvalue weighted by Gasteiger charge is -2.28. The highest BCUT2D eigenvalue weighted by Crippen LogP contribution is 2.42. The van der Waals surface area contributed by atoms with Gasteiger partial charge in [-0.25, -0.2) is 0 Å². The summed E-state index contributed by atoms with van der Waals surface area (Å²) in [7, 11) is 0. The third-order valence-corrected chi connectivity index (χ3v) is 5.50. The summed E-state index contributed by atoms with van der Waals surface area (Å²) in [6.45, 7) is 2.74. The zero-order valence-electron chi connectivity index (χ0n) is 14.0. The number of rotatable bonds is 7. The van der Waals surface area contributed by atoms with Gasteiger partial charge in [0.2, 0.25) is 5.91 Å². The van der Waals surface area contributed by atoms with Gasteiger partial charge in [0.15, 0.2) is 0 Å². The van der Waals surface area contributed by atoms with Crippen LogP contribution in [0, 0.1) is 0 Å². The van der Waals surface area contributed by atoms with E-state index in [0.29, 0.717) is 13.1 Å². The van der Waals surface area contributed by atoms with Crippen LogP contribution in [-0.4, -0.2) is 37.4 Å². The van der Waals surface area contributed by atoms with Crippen LogP contribution in [0.15, 0.2) is 17.5 Å². The van der Waals surface area contributed by atoms with Gasteiger partial charge in [-0.1, -0.05) is 25.8 Å². The van der Waals surface area contributed by atoms with Gasteiger partial charge in [-0.3, -0.25) is 14.4 Å². The van der Waals surface area contributed by atoms with E-state index in [2.05, 4.69) is 27.4 Å². The predicted molar refractivity (Wildman–Crippen MR) is 93.8 cm³/mol. The summed E-state index contributed by atoms with van der Waals surface area (Å²) in [5, 5.41) is 9.80. The summed E-state index contributed by atoms with van der Waals surface area (Å²) in [6, 6.07) is 4.17. The number of thiophene rings is 1. The lowest BCUT2D eigenvalue weighted by Crippen LogP contribution is -2.46. The van der Waals surface area contributed by atoms with Crippen molar-refractivity contribution in [1.29, 1.82) is 0 Å². The molecule has 1 fully saturated rings. The fourth-order valence-corrected chi connectivity index (χ4v) is 4.02. The number of amides is 3. The SMILES string of the molecule is CCCNC(=O)C(=O)NCC(=O)NCC1(c2cccs2)CCCC1. The molecule has 2 rings (SSSR count). The van der Waals surface area contributed by atoms with Crippen LogP contribution in [0.4, 0.5) is 0 Å². The first-order chi connectivity index (χ1) is 11.6. The topological polar surface area (TPSA) is 87.3 Å². The molecular weight excluding hydrogens is 326 g/mol. The minimum absolute atomic E-state index is 0.0202. The average molecular weight is 351 g/mol. The molecule has 24 heavy (non-hydrogen) atoms. The standard InChI is InChI=1S/C17H25N3O3S/c1-2-9-18-15(22)16(23)19-11-14(21)20-12-17(7-3-4-8-17)13-6-5-10-24-13/h5-6,10H,2-4,7-9,11-12H2,1H3,(H,18,22)(H,19,23)(H,20,21). The molecule has 7 heteroatoms. The monoisotopic (exact) mass is 351 g/mol. The molecule has 1 saturated carbocycles. The normalized spacial score (nSPS) is 15.7. The second-order valence-corrected chi connectivity index (χ2v) is 7.13. The largest absolute Gasteiger partial charge is 0.354 e. The summed E-state index contributed by atoms with van der Waals surface area (Å²) in [5.74, 6) is -1.74. The highest BCUT2D eigenvalue weighted by Gasteiger charge is 2.36. The van der Waals surface area contributed by atoms with Crippen molar-refractivity contribution < 1.29 is 14.4 Å². The van der Waals surface area contributed by atoms with Crippen LogP contribution in [-0.2, 0) is 19.8 Å². The minimum atomic E-state index is -0.771. The summed E-state index contributed by atoms with van der Waals surface area (Å²) in [4.78, 5) is 36.3. The second-order valence-electron chi connectivity index (χ2n) is 6.18. The van der Waals surface area contributed by atoms with Gasteiger partial charge in [0, 0.05) is 23.4 Å². The minimum Gasteiger partial charge on any atom is -0.354 e. The Bertz CT molecular complexity index is 566. The predicted octanol–water partition coefficient (Wildman–Crippen LogP) is 1.32. The molecule has 1 aliphatic rings. The average Bonchev–Trinajstić information content (AvgIpc) is 3.27. The van der Waals surface area contributed by atoms with E-state index in [1.807, 2.05) is 13.0 Å². The van der Waals surface area contributed by atoms with Gasteiger partial charge in [-0.05, 0) is 30.7 Å². The molecule has 0 bridgehead atoms. The van der Waals surface area contributed by atoms with Crippen LogP contribution in [0.1, 0.15) is 43.9 Å². The quantitative estimate of drug-likeness (QED) is 0.648. The first-order valence-corrected chi connectivity index (χ1v) is 9.32. The lowest BCUT2D eigenvalue weighted by molar-refractivity contribution is -0.139. The molecule has 0 aromatic carbocycles. The molecule has 1 heterocycles. The zero-order chi connectivity index (χ0) is 17.4. The number of hydrogen-bond acceptors (Lipinski definition) is 4. The second kappa shape index (κ2) is 8.82. The van der Waals surface area contributed by atoms with E-state index in [4.69, 9.17) is 0 Å². The highest BCUT2D eigenvalue weighted by atomic mass is 32.1. The maximum atomic E-state index is 12.0. The first-order valence-electron chi connectivity index (χ1n) is 8.44. The summed E-state index contributed by atoms with van der Waals surface area (Å²) in [6.07, 6.45) is 5.23. The van der Waals surface area contributed by atoms with Crippen molar-refractivity contribution >= 4 is 29.1 Å². The molecule has 3 amide bonds. The Morgan fingerprint density at radius 1 is 1.12 bits per heavy atom. The van der Waals surface area contributed by atoms with Crippen molar-refractivity contribution in [2.75, 3.05) is 19.6 Å². The number of hydrogen-bond donors (Lipinski definition) is 3. The molecule has 132 valence electrons. The highest BCUT2D eigenvalue weighted by molar-refractivity contribution is 7.10. The van der Waals surface area contributed by atoms with Crippen molar-refractivity contribution in [2.45, 2.75) is 44.4 Å². The molecule has 0 atom stereocenters. The molecule has 0 saturated heterocycles. The van der Waals surface area contributed by atoms with Crippen LogP contribution >= 0.6 is 11.3 Å². The maximum absolute atomic E-state index is 12.0. The van der Waals surface area contributed by atoms with Gasteiger partial charge >= 0.3 is 11.8 Å². The van der Waals surface area contributed by atoms with Crippen molar-refractivity contribution in [1.82, 2.24) is 16.0 Å². The Labute approximate surface area is 146 Å². The third kappa shape index (κ3) is 4.80. The molecule has 1 aliphatic carbocycles. The van der Waals surface area contributed by atoms with E-state index < -0.39 is 11.8 Å². The maximum Gasteiger partial charge on any atom is 0.309 e. The Hall–Kier alpha value is -1.89. The molecule has 0 radical (unpaired) electrons. The summed E-state index contributed by atoms with van der Waals surface area (Å²) < 4.78 is 0. The van der Waals surface area contributed by atoms with Gasteiger partial charge in [0.05, 0.1) is 6.54 Å². The molecular formula is C17H25N3O3S. The van der Waals surface area contributed by atoms with E-state index in [-0.39, 0.29) is 17.9 Å². The van der Waals surface area contributed by atoms with E-state index in [1.165, 1.54) is 17.7 Å². The molecule has 6 nitrogen and oxygen atoms in total. The molecule has 1 aromatic rings. The van der Waals surface area contributed by atoms with Gasteiger partial charge in [0.1, 0.15) is 0 Å². The van der Waals surface area contributed by atoms with E-state index in [1.54, 1.807) is 11.3 Å². The third-order valence-electron chi connectivity index (χ3n) is 4.38. The van der Waals surface area contributed by atoms with Gasteiger partial charge in [-0.2, -0.15) is 0 Å². The Kier molecular flexibility index (Phi) is 6.78. The van der Waals surface area contributed by atoms with E-state index >= 15 is 0 Å². The Morgan fingerprint density at radius 3 is 2.46 bits per heavy atom. The zero-order valence-corrected chi connectivity index (χ0v) is 14.8. The van der Waals surface area contributed by atoms with Crippen LogP contribution < -0.4 is 16.0 Å². The van der Waals surface area contributed by atoms with Crippen molar-refractivity contribution in [3.63, 3.8) is 0 Å². The van der Waals surface area contributed by atoms with Gasteiger partial charge < -0.3 is 16.0 Å². The Balaban J connectivity index is 1.78. The fraction of sp³-hybridized carbons (Fsp3) is 0.588. The summed E-state index contributed by atoms with van der Waals surface area (Å²) in [5.41, 5.74) is 0.0202. The smallest absolute Gasteiger partial charge is 0.309 e. The van der Waals surface area contributed by atoms with Crippen molar-refractivity contribution in [3.05, 3.63) is 22.4 Å². The fourth-order valence-electron chi connectivity index (χ4n) is 3.03. The molecule has 0 spiro atoms. The van der Waals surface area contributed by atoms with Crippen molar-refractivity contribution in [3.8, 4) is 0 Å². The first kappa shape index (κ1) is 18.4. The number of carbonyl (C=O) groups is 3. The van der Waals surface area contributed by atoms with Gasteiger partial charge in [-0.15, -0.1) is 11.3 Å². The molecule has 0 unspecified atom stereocenters. The summed E-state index contributed by atoms with van der Waals surface area (Å²) >= 11 is 1.73. The van der Waals surface area contributed by atoms with E-state index in [9.17, 15) is 14.4 Å². The van der Waals surface area contributed by atoms with Crippen molar-refractivity contribution in [2.24, 2.45) is 0 Å². The van der Waals surface area contributed by atoms with Gasteiger partial charge in [0.25, 0.3) is 0 Å². The van der Waals surface area contributed by atoms with Crippen LogP contribution in [0.3, 0.4) is 0 Å². The Morgan fingerprint density at radius 2 is 1.83 bits per heavy atom.